The van der Waals surface area contributed by atoms with E-state index >= 15 is 0 Å². The number of unbranched alkanes of at least 4 members (excludes halogenated alkanes) is 1. The van der Waals surface area contributed by atoms with Crippen molar-refractivity contribution >= 4 is 23.2 Å². The van der Waals surface area contributed by atoms with E-state index in [0.29, 0.717) is 5.69 Å². The van der Waals surface area contributed by atoms with Gasteiger partial charge in [-0.05, 0) is 49.1 Å². The summed E-state index contributed by atoms with van der Waals surface area (Å²) in [5, 5.41) is 1.85. The van der Waals surface area contributed by atoms with Crippen LogP contribution in [-0.2, 0) is 14.4 Å². The molecule has 2 aliphatic rings. The fourth-order valence-corrected chi connectivity index (χ4v) is 4.84. The second-order valence-electron chi connectivity index (χ2n) is 8.37. The minimum atomic E-state index is -0.765. The summed E-state index contributed by atoms with van der Waals surface area (Å²) in [6.45, 7) is 6.30. The molecule has 5 nitrogen and oxygen atoms in total. The second kappa shape index (κ2) is 8.60. The first-order valence-corrected chi connectivity index (χ1v) is 11.0. The van der Waals surface area contributed by atoms with Crippen molar-refractivity contribution in [3.8, 4) is 0 Å². The van der Waals surface area contributed by atoms with Crippen molar-refractivity contribution in [1.82, 2.24) is 0 Å². The van der Waals surface area contributed by atoms with Gasteiger partial charge in [-0.25, -0.2) is 9.96 Å². The minimum absolute atomic E-state index is 0.144. The molecule has 2 aliphatic heterocycles. The van der Waals surface area contributed by atoms with Crippen molar-refractivity contribution in [3.05, 3.63) is 60.2 Å². The van der Waals surface area contributed by atoms with Crippen molar-refractivity contribution in [1.29, 1.82) is 0 Å². The van der Waals surface area contributed by atoms with Crippen molar-refractivity contribution in [2.75, 3.05) is 9.96 Å². The molecule has 2 aromatic rings. The number of imide groups is 1. The first kappa shape index (κ1) is 20.6. The lowest BCUT2D eigenvalue weighted by atomic mass is 9.82. The summed E-state index contributed by atoms with van der Waals surface area (Å²) in [5.74, 6) is -0.618. The van der Waals surface area contributed by atoms with E-state index in [1.807, 2.05) is 66.6 Å². The van der Waals surface area contributed by atoms with Crippen LogP contribution >= 0.6 is 0 Å². The predicted octanol–water partition coefficient (Wildman–Crippen LogP) is 4.89. The van der Waals surface area contributed by atoms with Crippen LogP contribution in [0.3, 0.4) is 0 Å². The molecular weight excluding hydrogens is 376 g/mol. The Bertz CT molecular complexity index is 914. The molecule has 2 fully saturated rings. The van der Waals surface area contributed by atoms with Gasteiger partial charge in [0.2, 0.25) is 5.91 Å². The summed E-state index contributed by atoms with van der Waals surface area (Å²) < 4.78 is 0. The summed E-state index contributed by atoms with van der Waals surface area (Å²) in [6.07, 6.45) is 3.38. The molecule has 0 spiro atoms. The minimum Gasteiger partial charge on any atom is -0.273 e. The highest BCUT2D eigenvalue weighted by Crippen LogP contribution is 2.44. The second-order valence-corrected chi connectivity index (χ2v) is 8.37. The van der Waals surface area contributed by atoms with Crippen LogP contribution in [-0.4, -0.2) is 24.0 Å². The zero-order chi connectivity index (χ0) is 21.3. The lowest BCUT2D eigenvalue weighted by molar-refractivity contribution is -0.126. The summed E-state index contributed by atoms with van der Waals surface area (Å²) in [7, 11) is 0. The van der Waals surface area contributed by atoms with Crippen LogP contribution < -0.4 is 9.96 Å². The van der Waals surface area contributed by atoms with E-state index in [0.717, 1.165) is 36.9 Å². The number of hydroxylamine groups is 1. The normalized spacial score (nSPS) is 24.4. The third kappa shape index (κ3) is 3.52. The SMILES string of the molecule is CCCCC(CC)C1C2C(=O)N(c3cccc(C)c3)C(=O)C2ON1c1ccccc1. The number of benzene rings is 2. The lowest BCUT2D eigenvalue weighted by Gasteiger charge is -2.33. The Morgan fingerprint density at radius 3 is 2.37 bits per heavy atom. The number of amides is 2. The van der Waals surface area contributed by atoms with Crippen LogP contribution in [0.25, 0.3) is 0 Å². The highest BCUT2D eigenvalue weighted by Gasteiger charge is 2.61. The number of rotatable bonds is 7. The highest BCUT2D eigenvalue weighted by molar-refractivity contribution is 6.23. The van der Waals surface area contributed by atoms with Crippen LogP contribution in [0.4, 0.5) is 11.4 Å². The van der Waals surface area contributed by atoms with Gasteiger partial charge in [-0.15, -0.1) is 0 Å². The van der Waals surface area contributed by atoms with Gasteiger partial charge in [0.25, 0.3) is 5.91 Å². The van der Waals surface area contributed by atoms with E-state index < -0.39 is 12.0 Å². The van der Waals surface area contributed by atoms with E-state index in [4.69, 9.17) is 4.84 Å². The van der Waals surface area contributed by atoms with Gasteiger partial charge >= 0.3 is 0 Å². The standard InChI is InChI=1S/C25H30N2O3/c1-4-6-12-18(5-2)22-21-23(30-27(22)19-13-8-7-9-14-19)25(29)26(24(21)28)20-15-10-11-17(3)16-20/h7-11,13-16,18,21-23H,4-6,12H2,1-3H3. The van der Waals surface area contributed by atoms with Gasteiger partial charge in [0, 0.05) is 0 Å². The van der Waals surface area contributed by atoms with Gasteiger partial charge in [-0.2, -0.15) is 0 Å². The van der Waals surface area contributed by atoms with Crippen molar-refractivity contribution < 1.29 is 14.4 Å². The Kier molecular flexibility index (Phi) is 5.91. The maximum Gasteiger partial charge on any atom is 0.266 e. The summed E-state index contributed by atoms with van der Waals surface area (Å²) >= 11 is 0. The van der Waals surface area contributed by atoms with E-state index in [-0.39, 0.29) is 23.8 Å². The van der Waals surface area contributed by atoms with E-state index in [1.165, 1.54) is 4.90 Å². The average Bonchev–Trinajstić information content (AvgIpc) is 3.26. The molecule has 5 heteroatoms. The summed E-state index contributed by atoms with van der Waals surface area (Å²) in [4.78, 5) is 34.5. The molecule has 2 saturated heterocycles. The van der Waals surface area contributed by atoms with E-state index in [9.17, 15) is 9.59 Å². The molecule has 30 heavy (non-hydrogen) atoms. The molecule has 0 bridgehead atoms. The van der Waals surface area contributed by atoms with Gasteiger partial charge in [-0.3, -0.25) is 14.4 Å². The molecule has 2 amide bonds. The maximum absolute atomic E-state index is 13.6. The Morgan fingerprint density at radius 2 is 1.70 bits per heavy atom. The number of para-hydroxylation sites is 1. The number of hydrogen-bond donors (Lipinski definition) is 0. The molecule has 2 aromatic carbocycles. The fraction of sp³-hybridized carbons (Fsp3) is 0.440. The molecule has 0 N–H and O–H groups in total. The molecule has 0 saturated carbocycles. The molecule has 4 atom stereocenters. The maximum atomic E-state index is 13.6. The van der Waals surface area contributed by atoms with Gasteiger partial charge in [-0.1, -0.05) is 63.4 Å². The molecule has 4 rings (SSSR count). The van der Waals surface area contributed by atoms with Crippen LogP contribution in [0.15, 0.2) is 54.6 Å². The van der Waals surface area contributed by atoms with E-state index in [1.54, 1.807) is 0 Å². The fourth-order valence-electron chi connectivity index (χ4n) is 4.84. The third-order valence-corrected chi connectivity index (χ3v) is 6.37. The van der Waals surface area contributed by atoms with Crippen LogP contribution in [0.2, 0.25) is 0 Å². The number of carbonyl (C=O) groups is 2. The largest absolute Gasteiger partial charge is 0.273 e. The molecule has 158 valence electrons. The van der Waals surface area contributed by atoms with Crippen molar-refractivity contribution in [2.24, 2.45) is 11.8 Å². The number of anilines is 2. The topological polar surface area (TPSA) is 49.9 Å². The molecule has 0 radical (unpaired) electrons. The number of aryl methyl sites for hydroxylation is 1. The Balaban J connectivity index is 1.72. The molecule has 4 unspecified atom stereocenters. The quantitative estimate of drug-likeness (QED) is 0.614. The monoisotopic (exact) mass is 406 g/mol. The van der Waals surface area contributed by atoms with Crippen LogP contribution in [0, 0.1) is 18.8 Å². The van der Waals surface area contributed by atoms with Gasteiger partial charge < -0.3 is 0 Å². The lowest BCUT2D eigenvalue weighted by Crippen LogP contribution is -2.44. The molecule has 2 heterocycles. The molecule has 0 aromatic heterocycles. The smallest absolute Gasteiger partial charge is 0.266 e. The van der Waals surface area contributed by atoms with Crippen molar-refractivity contribution in [3.63, 3.8) is 0 Å². The first-order chi connectivity index (χ1) is 14.6. The number of hydrogen-bond acceptors (Lipinski definition) is 4. The number of carbonyl (C=O) groups excluding carboxylic acids is 2. The van der Waals surface area contributed by atoms with Crippen LogP contribution in [0.1, 0.15) is 45.1 Å². The molecule has 0 aliphatic carbocycles. The van der Waals surface area contributed by atoms with Gasteiger partial charge in [0.05, 0.1) is 23.3 Å². The first-order valence-electron chi connectivity index (χ1n) is 11.0. The zero-order valence-corrected chi connectivity index (χ0v) is 18.0. The van der Waals surface area contributed by atoms with Gasteiger partial charge in [0.1, 0.15) is 0 Å². The third-order valence-electron chi connectivity index (χ3n) is 6.37. The van der Waals surface area contributed by atoms with E-state index in [2.05, 4.69) is 13.8 Å². The average molecular weight is 407 g/mol. The van der Waals surface area contributed by atoms with Gasteiger partial charge in [0.15, 0.2) is 6.10 Å². The Labute approximate surface area is 178 Å². The molecular formula is C25H30N2O3. The number of nitrogens with zero attached hydrogens (tertiary/aromatic N) is 2. The zero-order valence-electron chi connectivity index (χ0n) is 18.0. The predicted molar refractivity (Wildman–Crippen MR) is 118 cm³/mol. The van der Waals surface area contributed by atoms with Crippen LogP contribution in [0.5, 0.6) is 0 Å². The Morgan fingerprint density at radius 1 is 0.967 bits per heavy atom. The Hall–Kier alpha value is -2.66. The van der Waals surface area contributed by atoms with Crippen molar-refractivity contribution in [2.45, 2.75) is 58.6 Å². The summed E-state index contributed by atoms with van der Waals surface area (Å²) in [5.41, 5.74) is 2.55. The summed E-state index contributed by atoms with van der Waals surface area (Å²) in [6, 6.07) is 17.2. The number of fused-ring (bicyclic) bond motifs is 1. The highest BCUT2D eigenvalue weighted by atomic mass is 16.7.